The van der Waals surface area contributed by atoms with Crippen LogP contribution in [0.1, 0.15) is 71.1 Å². The normalized spacial score (nSPS) is 26.1. The van der Waals surface area contributed by atoms with E-state index >= 15 is 0 Å². The van der Waals surface area contributed by atoms with E-state index in [9.17, 15) is 13.2 Å². The van der Waals surface area contributed by atoms with Gasteiger partial charge in [0.1, 0.15) is 5.75 Å². The molecule has 0 unspecified atom stereocenters. The Labute approximate surface area is 153 Å². The minimum absolute atomic E-state index is 0.00842. The summed E-state index contributed by atoms with van der Waals surface area (Å²) in [5.74, 6) is -0.216. The number of hydrogen-bond donors (Lipinski definition) is 3. The molecule has 25 heavy (non-hydrogen) atoms. The highest BCUT2D eigenvalue weighted by Gasteiger charge is 2.24. The third kappa shape index (κ3) is 8.51. The Morgan fingerprint density at radius 2 is 1.52 bits per heavy atom. The summed E-state index contributed by atoms with van der Waals surface area (Å²) in [6.45, 7) is 3.37. The lowest BCUT2D eigenvalue weighted by molar-refractivity contribution is -0.118. The Balaban J connectivity index is 1.60. The molecule has 2 aliphatic rings. The maximum absolute atomic E-state index is 12.1. The van der Waals surface area contributed by atoms with Gasteiger partial charge in [0, 0.05) is 25.2 Å². The molecule has 0 spiro atoms. The molecule has 3 N–H and O–H groups in total. The predicted octanol–water partition coefficient (Wildman–Crippen LogP) is 1.91. The molecule has 2 aliphatic carbocycles. The van der Waals surface area contributed by atoms with Gasteiger partial charge in [-0.1, -0.05) is 32.6 Å². The van der Waals surface area contributed by atoms with Crippen LogP contribution in [-0.2, 0) is 14.8 Å². The fourth-order valence-electron chi connectivity index (χ4n) is 3.86. The molecule has 0 aliphatic heterocycles. The third-order valence-electron chi connectivity index (χ3n) is 5.42. The molecule has 6 nitrogen and oxygen atoms in total. The number of rotatable bonds is 8. The first kappa shape index (κ1) is 20.6. The summed E-state index contributed by atoms with van der Waals surface area (Å²) < 4.78 is 26.9. The second-order valence-corrected chi connectivity index (χ2v) is 9.58. The first-order valence-electron chi connectivity index (χ1n) is 9.95. The number of amides is 1. The Kier molecular flexibility index (Phi) is 8.66. The van der Waals surface area contributed by atoms with Gasteiger partial charge in [-0.25, -0.2) is 13.1 Å². The van der Waals surface area contributed by atoms with E-state index in [1.165, 1.54) is 38.5 Å². The first-order valence-corrected chi connectivity index (χ1v) is 11.6. The zero-order chi connectivity index (χ0) is 18.1. The largest absolute Gasteiger partial charge is 0.354 e. The van der Waals surface area contributed by atoms with Crippen molar-refractivity contribution in [2.75, 3.05) is 18.8 Å². The molecular formula is C18H35N3O3S. The van der Waals surface area contributed by atoms with Crippen molar-refractivity contribution in [1.29, 1.82) is 0 Å². The monoisotopic (exact) mass is 373 g/mol. The lowest BCUT2D eigenvalue weighted by Crippen LogP contribution is -2.44. The lowest BCUT2D eigenvalue weighted by Gasteiger charge is -2.26. The van der Waals surface area contributed by atoms with Crippen LogP contribution in [0.15, 0.2) is 0 Å². The average molecular weight is 374 g/mol. The van der Waals surface area contributed by atoms with Crippen molar-refractivity contribution in [3.8, 4) is 0 Å². The second-order valence-electron chi connectivity index (χ2n) is 7.83. The molecule has 0 aromatic heterocycles. The molecule has 0 aromatic rings. The third-order valence-corrected chi connectivity index (χ3v) is 6.75. The van der Waals surface area contributed by atoms with E-state index in [4.69, 9.17) is 0 Å². The van der Waals surface area contributed by atoms with E-state index in [0.717, 1.165) is 25.7 Å². The van der Waals surface area contributed by atoms with Crippen LogP contribution in [0.4, 0.5) is 0 Å². The van der Waals surface area contributed by atoms with Crippen LogP contribution in [0.2, 0.25) is 0 Å². The van der Waals surface area contributed by atoms with Crippen LogP contribution in [0.5, 0.6) is 0 Å². The summed E-state index contributed by atoms with van der Waals surface area (Å²) in [6, 6.07) is 0.532. The van der Waals surface area contributed by atoms with Gasteiger partial charge >= 0.3 is 0 Å². The summed E-state index contributed by atoms with van der Waals surface area (Å²) in [5, 5.41) is 6.19. The van der Waals surface area contributed by atoms with E-state index in [-0.39, 0.29) is 6.04 Å². The maximum Gasteiger partial charge on any atom is 0.236 e. The number of carbonyl (C=O) groups is 1. The minimum atomic E-state index is -3.54. The van der Waals surface area contributed by atoms with Crippen molar-refractivity contribution in [3.05, 3.63) is 0 Å². The molecule has 7 heteroatoms. The molecule has 2 rings (SSSR count). The van der Waals surface area contributed by atoms with E-state index in [1.54, 1.807) is 0 Å². The van der Waals surface area contributed by atoms with Crippen molar-refractivity contribution in [2.45, 2.75) is 83.2 Å². The van der Waals surface area contributed by atoms with Crippen LogP contribution in [-0.4, -0.2) is 45.3 Å². The molecule has 1 amide bonds. The van der Waals surface area contributed by atoms with Gasteiger partial charge in [0.15, 0.2) is 0 Å². The molecule has 0 saturated heterocycles. The van der Waals surface area contributed by atoms with Crippen molar-refractivity contribution in [2.24, 2.45) is 5.92 Å². The Morgan fingerprint density at radius 3 is 2.16 bits per heavy atom. The number of sulfonamides is 1. The SMILES string of the molecule is CC1CCC(NS(=O)(=O)CC(=O)NCCNC2CCCCCC2)CC1. The maximum atomic E-state index is 12.1. The van der Waals surface area contributed by atoms with Gasteiger partial charge in [-0.2, -0.15) is 0 Å². The lowest BCUT2D eigenvalue weighted by atomic mass is 9.88. The minimum Gasteiger partial charge on any atom is -0.354 e. The molecule has 0 heterocycles. The van der Waals surface area contributed by atoms with E-state index in [1.807, 2.05) is 0 Å². The molecule has 2 saturated carbocycles. The molecule has 0 radical (unpaired) electrons. The number of carbonyl (C=O) groups excluding carboxylic acids is 1. The van der Waals surface area contributed by atoms with E-state index in [2.05, 4.69) is 22.3 Å². The zero-order valence-corrected chi connectivity index (χ0v) is 16.4. The van der Waals surface area contributed by atoms with E-state index < -0.39 is 21.7 Å². The van der Waals surface area contributed by atoms with E-state index in [0.29, 0.717) is 25.0 Å². The first-order chi connectivity index (χ1) is 11.9. The second kappa shape index (κ2) is 10.5. The summed E-state index contributed by atoms with van der Waals surface area (Å²) in [7, 11) is -3.54. The van der Waals surface area contributed by atoms with Gasteiger partial charge in [0.05, 0.1) is 0 Å². The standard InChI is InChI=1S/C18H35N3O3S/c1-15-8-10-17(11-9-15)21-25(23,24)14-18(22)20-13-12-19-16-6-4-2-3-5-7-16/h15-17,19,21H,2-14H2,1H3,(H,20,22). The molecule has 0 aromatic carbocycles. The molecule has 146 valence electrons. The highest BCUT2D eigenvalue weighted by molar-refractivity contribution is 7.90. The fourth-order valence-corrected chi connectivity index (χ4v) is 5.13. The van der Waals surface area contributed by atoms with Crippen molar-refractivity contribution in [1.82, 2.24) is 15.4 Å². The van der Waals surface area contributed by atoms with Gasteiger partial charge in [0.25, 0.3) is 0 Å². The Hall–Kier alpha value is -0.660. The van der Waals surface area contributed by atoms with Gasteiger partial charge in [-0.15, -0.1) is 0 Å². The van der Waals surface area contributed by atoms with Crippen LogP contribution >= 0.6 is 0 Å². The number of hydrogen-bond acceptors (Lipinski definition) is 4. The summed E-state index contributed by atoms with van der Waals surface area (Å²) in [6.07, 6.45) is 11.4. The van der Waals surface area contributed by atoms with Crippen molar-refractivity contribution in [3.63, 3.8) is 0 Å². The Morgan fingerprint density at radius 1 is 0.880 bits per heavy atom. The van der Waals surface area contributed by atoms with Gasteiger partial charge in [-0.05, 0) is 44.4 Å². The van der Waals surface area contributed by atoms with Crippen LogP contribution in [0.3, 0.4) is 0 Å². The summed E-state index contributed by atoms with van der Waals surface area (Å²) >= 11 is 0. The van der Waals surface area contributed by atoms with Gasteiger partial charge in [0.2, 0.25) is 15.9 Å². The van der Waals surface area contributed by atoms with Crippen LogP contribution in [0, 0.1) is 5.92 Å². The molecule has 0 atom stereocenters. The van der Waals surface area contributed by atoms with Crippen molar-refractivity contribution >= 4 is 15.9 Å². The highest BCUT2D eigenvalue weighted by Crippen LogP contribution is 2.23. The van der Waals surface area contributed by atoms with Crippen molar-refractivity contribution < 1.29 is 13.2 Å². The fraction of sp³-hybridized carbons (Fsp3) is 0.944. The van der Waals surface area contributed by atoms with Crippen LogP contribution < -0.4 is 15.4 Å². The van der Waals surface area contributed by atoms with Crippen LogP contribution in [0.25, 0.3) is 0 Å². The Bertz CT molecular complexity index is 494. The quantitative estimate of drug-likeness (QED) is 0.448. The smallest absolute Gasteiger partial charge is 0.236 e. The topological polar surface area (TPSA) is 87.3 Å². The summed E-state index contributed by atoms with van der Waals surface area (Å²) in [4.78, 5) is 11.9. The van der Waals surface area contributed by atoms with Gasteiger partial charge < -0.3 is 10.6 Å². The molecular weight excluding hydrogens is 338 g/mol. The highest BCUT2D eigenvalue weighted by atomic mass is 32.2. The average Bonchev–Trinajstić information content (AvgIpc) is 2.82. The summed E-state index contributed by atoms with van der Waals surface area (Å²) in [5.41, 5.74) is 0. The molecule has 2 fully saturated rings. The number of nitrogens with one attached hydrogen (secondary N) is 3. The predicted molar refractivity (Wildman–Crippen MR) is 101 cm³/mol. The molecule has 0 bridgehead atoms. The zero-order valence-electron chi connectivity index (χ0n) is 15.6. The van der Waals surface area contributed by atoms with Gasteiger partial charge in [-0.3, -0.25) is 4.79 Å².